The fourth-order valence-electron chi connectivity index (χ4n) is 5.48. The van der Waals surface area contributed by atoms with E-state index >= 15 is 0 Å². The topological polar surface area (TPSA) is 79.4 Å². The van der Waals surface area contributed by atoms with Gasteiger partial charge in [-0.25, -0.2) is 4.98 Å². The van der Waals surface area contributed by atoms with E-state index in [-0.39, 0.29) is 5.78 Å². The molecule has 1 heterocycles. The monoisotopic (exact) mass is 587 g/mol. The van der Waals surface area contributed by atoms with E-state index in [0.717, 1.165) is 39.5 Å². The van der Waals surface area contributed by atoms with Gasteiger partial charge in [-0.3, -0.25) is 4.79 Å². The molecule has 0 amide bonds. The molecule has 0 aliphatic rings. The van der Waals surface area contributed by atoms with Crippen LogP contribution in [-0.4, -0.2) is 48.3 Å². The zero-order valence-electron chi connectivity index (χ0n) is 25.7. The number of Topliss-reactive ketones (excluding diaryl/α,β-unsaturated/α-hetero) is 1. The highest BCUT2D eigenvalue weighted by Crippen LogP contribution is 2.37. The van der Waals surface area contributed by atoms with Gasteiger partial charge in [-0.05, 0) is 38.0 Å². The second-order valence-electron chi connectivity index (χ2n) is 11.1. The Kier molecular flexibility index (Phi) is 10.9. The van der Waals surface area contributed by atoms with Crippen molar-refractivity contribution >= 4 is 5.78 Å². The van der Waals surface area contributed by atoms with Crippen LogP contribution in [0.25, 0.3) is 33.9 Å². The molecule has 0 fully saturated rings. The number of carbonyl (C=O) groups excluding carboxylic acids is 1. The molecule has 0 bridgehead atoms. The first kappa shape index (κ1) is 31.1. The van der Waals surface area contributed by atoms with E-state index in [1.165, 1.54) is 11.1 Å². The summed E-state index contributed by atoms with van der Waals surface area (Å²) in [5.41, 5.74) is 14.9. The Labute approximate surface area is 260 Å². The van der Waals surface area contributed by atoms with Crippen LogP contribution >= 0.6 is 0 Å². The number of ether oxygens (including phenoxy) is 2. The van der Waals surface area contributed by atoms with Gasteiger partial charge in [0.25, 0.3) is 0 Å². The molecule has 4 aromatic carbocycles. The number of rotatable bonds is 15. The first-order valence-electron chi connectivity index (χ1n) is 15.3. The molecule has 0 saturated heterocycles. The van der Waals surface area contributed by atoms with Crippen molar-refractivity contribution in [3.8, 4) is 33.9 Å². The van der Waals surface area contributed by atoms with Gasteiger partial charge in [0, 0.05) is 48.4 Å². The molecule has 0 radical (unpaired) electrons. The molecule has 5 rings (SSSR count). The van der Waals surface area contributed by atoms with Crippen LogP contribution in [0.3, 0.4) is 0 Å². The lowest BCUT2D eigenvalue weighted by atomic mass is 10.0. The van der Waals surface area contributed by atoms with Gasteiger partial charge in [0.15, 0.2) is 5.78 Å². The van der Waals surface area contributed by atoms with Crippen LogP contribution in [0.5, 0.6) is 0 Å². The number of imidazole rings is 1. The van der Waals surface area contributed by atoms with E-state index in [1.807, 2.05) is 24.3 Å². The van der Waals surface area contributed by atoms with Crippen LogP contribution in [0.4, 0.5) is 0 Å². The maximum atomic E-state index is 12.9. The van der Waals surface area contributed by atoms with Crippen molar-refractivity contribution in [2.45, 2.75) is 33.2 Å². The van der Waals surface area contributed by atoms with E-state index in [2.05, 4.69) is 97.3 Å². The van der Waals surface area contributed by atoms with Crippen molar-refractivity contribution in [1.29, 1.82) is 0 Å². The number of ketones is 1. The van der Waals surface area contributed by atoms with Crippen molar-refractivity contribution in [1.82, 2.24) is 9.55 Å². The quantitative estimate of drug-likeness (QED) is 0.101. The van der Waals surface area contributed by atoms with E-state index in [9.17, 15) is 4.79 Å². The molecule has 0 atom stereocenters. The predicted octanol–water partition coefficient (Wildman–Crippen LogP) is 7.50. The molecule has 6 heteroatoms. The lowest BCUT2D eigenvalue weighted by Gasteiger charge is -2.15. The van der Waals surface area contributed by atoms with Crippen LogP contribution < -0.4 is 5.73 Å². The van der Waals surface area contributed by atoms with Gasteiger partial charge in [-0.15, -0.1) is 0 Å². The molecule has 0 saturated carbocycles. The third-order valence-electron chi connectivity index (χ3n) is 7.49. The number of nitrogens with zero attached hydrogens (tertiary/aromatic N) is 2. The molecule has 0 aliphatic carbocycles. The molecule has 226 valence electrons. The van der Waals surface area contributed by atoms with Crippen molar-refractivity contribution < 1.29 is 14.3 Å². The number of benzene rings is 4. The fraction of sp³-hybridized carbons (Fsp3) is 0.263. The van der Waals surface area contributed by atoms with Crippen molar-refractivity contribution in [3.63, 3.8) is 0 Å². The number of nitrogens with two attached hydrogens (primary N) is 1. The van der Waals surface area contributed by atoms with Crippen LogP contribution in [-0.2, 0) is 16.0 Å². The third kappa shape index (κ3) is 7.97. The predicted molar refractivity (Wildman–Crippen MR) is 178 cm³/mol. The molecule has 0 aliphatic heterocycles. The van der Waals surface area contributed by atoms with Crippen molar-refractivity contribution in [2.24, 2.45) is 5.73 Å². The van der Waals surface area contributed by atoms with E-state index in [1.54, 1.807) is 0 Å². The van der Waals surface area contributed by atoms with Gasteiger partial charge in [-0.2, -0.15) is 0 Å². The minimum absolute atomic E-state index is 0.120. The molecule has 6 nitrogen and oxygen atoms in total. The third-order valence-corrected chi connectivity index (χ3v) is 7.49. The Bertz CT molecular complexity index is 1620. The standard InChI is InChI=1S/C38H41N3O3/c1-28-24-29(2)26-34(25-28)38-40-36(32-10-5-3-6-11-32)37(33-12-7-4-8-13-33)41(38)27-30-15-17-31(18-16-30)35(42)14-9-20-43-22-23-44-21-19-39/h3-8,10-13,15-18,24-26H,9,14,19-23,27,39H2,1-2H3. The van der Waals surface area contributed by atoms with Gasteiger partial charge >= 0.3 is 0 Å². The number of carbonyl (C=O) groups is 1. The number of hydrogen-bond donors (Lipinski definition) is 1. The molecule has 5 aromatic rings. The largest absolute Gasteiger partial charge is 0.379 e. The average Bonchev–Trinajstić information content (AvgIpc) is 3.42. The number of aryl methyl sites for hydroxylation is 2. The first-order valence-corrected chi connectivity index (χ1v) is 15.3. The Morgan fingerprint density at radius 1 is 0.727 bits per heavy atom. The van der Waals surface area contributed by atoms with Crippen LogP contribution in [0.2, 0.25) is 0 Å². The van der Waals surface area contributed by atoms with Gasteiger partial charge in [-0.1, -0.05) is 102 Å². The van der Waals surface area contributed by atoms with Gasteiger partial charge in [0.2, 0.25) is 0 Å². The Balaban J connectivity index is 1.42. The van der Waals surface area contributed by atoms with Crippen LogP contribution in [0.15, 0.2) is 103 Å². The summed E-state index contributed by atoms with van der Waals surface area (Å²) in [7, 11) is 0. The van der Waals surface area contributed by atoms with Crippen LogP contribution in [0.1, 0.15) is 39.9 Å². The minimum atomic E-state index is 0.120. The molecular formula is C38H41N3O3. The lowest BCUT2D eigenvalue weighted by molar-refractivity contribution is 0.0489. The highest BCUT2D eigenvalue weighted by Gasteiger charge is 2.22. The molecule has 44 heavy (non-hydrogen) atoms. The second-order valence-corrected chi connectivity index (χ2v) is 11.1. The smallest absolute Gasteiger partial charge is 0.162 e. The van der Waals surface area contributed by atoms with E-state index in [4.69, 9.17) is 20.2 Å². The maximum Gasteiger partial charge on any atom is 0.162 e. The van der Waals surface area contributed by atoms with Gasteiger partial charge < -0.3 is 19.8 Å². The normalized spacial score (nSPS) is 11.2. The highest BCUT2D eigenvalue weighted by atomic mass is 16.5. The Hall–Kier alpha value is -4.36. The summed E-state index contributed by atoms with van der Waals surface area (Å²) in [4.78, 5) is 18.2. The summed E-state index contributed by atoms with van der Waals surface area (Å²) in [6.07, 6.45) is 1.12. The Morgan fingerprint density at radius 2 is 1.34 bits per heavy atom. The average molecular weight is 588 g/mol. The number of aromatic nitrogens is 2. The summed E-state index contributed by atoms with van der Waals surface area (Å²) in [5.74, 6) is 1.04. The SMILES string of the molecule is Cc1cc(C)cc(-c2nc(-c3ccccc3)c(-c3ccccc3)n2Cc2ccc(C(=O)CCCOCCOCCN)cc2)c1. The molecule has 0 spiro atoms. The maximum absolute atomic E-state index is 12.9. The Morgan fingerprint density at radius 3 is 1.98 bits per heavy atom. The molecule has 1 aromatic heterocycles. The molecular weight excluding hydrogens is 546 g/mol. The molecule has 2 N–H and O–H groups in total. The number of hydrogen-bond acceptors (Lipinski definition) is 5. The summed E-state index contributed by atoms with van der Waals surface area (Å²) in [6.45, 7) is 7.47. The van der Waals surface area contributed by atoms with Crippen molar-refractivity contribution in [3.05, 3.63) is 125 Å². The first-order chi connectivity index (χ1) is 21.5. The zero-order valence-corrected chi connectivity index (χ0v) is 25.7. The fourth-order valence-corrected chi connectivity index (χ4v) is 5.48. The van der Waals surface area contributed by atoms with E-state index < -0.39 is 0 Å². The zero-order chi connectivity index (χ0) is 30.7. The lowest BCUT2D eigenvalue weighted by Crippen LogP contribution is -2.12. The van der Waals surface area contributed by atoms with E-state index in [0.29, 0.717) is 57.9 Å². The second kappa shape index (κ2) is 15.4. The van der Waals surface area contributed by atoms with Crippen LogP contribution in [0, 0.1) is 13.8 Å². The summed E-state index contributed by atoms with van der Waals surface area (Å²) >= 11 is 0. The summed E-state index contributed by atoms with van der Waals surface area (Å²) in [6, 6.07) is 35.4. The van der Waals surface area contributed by atoms with Crippen molar-refractivity contribution in [2.75, 3.05) is 33.0 Å². The minimum Gasteiger partial charge on any atom is -0.379 e. The van der Waals surface area contributed by atoms with Gasteiger partial charge in [0.1, 0.15) is 5.82 Å². The van der Waals surface area contributed by atoms with Gasteiger partial charge in [0.05, 0.1) is 31.2 Å². The highest BCUT2D eigenvalue weighted by molar-refractivity contribution is 5.96. The summed E-state index contributed by atoms with van der Waals surface area (Å²) in [5, 5.41) is 0. The summed E-state index contributed by atoms with van der Waals surface area (Å²) < 4.78 is 13.2. The molecule has 0 unspecified atom stereocenters.